The van der Waals surface area contributed by atoms with Crippen LogP contribution in [0.2, 0.25) is 0 Å². The maximum absolute atomic E-state index is 14.0. The van der Waals surface area contributed by atoms with E-state index >= 15 is 0 Å². The van der Waals surface area contributed by atoms with E-state index in [2.05, 4.69) is 5.32 Å². The first-order valence-corrected chi connectivity index (χ1v) is 14.7. The van der Waals surface area contributed by atoms with E-state index in [1.807, 2.05) is 65.0 Å². The monoisotopic (exact) mass is 549 g/mol. The Kier molecular flexibility index (Phi) is 9.92. The van der Waals surface area contributed by atoms with Gasteiger partial charge in [0, 0.05) is 12.6 Å². The average Bonchev–Trinajstić information content (AvgIpc) is 2.90. The molecule has 1 N–H and O–H groups in total. The first kappa shape index (κ1) is 29.9. The van der Waals surface area contributed by atoms with Gasteiger partial charge in [0.2, 0.25) is 11.8 Å². The highest BCUT2D eigenvalue weighted by Crippen LogP contribution is 2.26. The van der Waals surface area contributed by atoms with E-state index in [4.69, 9.17) is 0 Å². The normalized spacial score (nSPS) is 12.9. The van der Waals surface area contributed by atoms with Crippen molar-refractivity contribution >= 4 is 27.5 Å². The molecule has 2 amide bonds. The smallest absolute Gasteiger partial charge is 0.264 e. The number of carbonyl (C=O) groups is 2. The molecule has 3 aromatic rings. The number of nitrogens with zero attached hydrogens (tertiary/aromatic N) is 2. The van der Waals surface area contributed by atoms with Gasteiger partial charge in [-0.2, -0.15) is 0 Å². The van der Waals surface area contributed by atoms with Crippen LogP contribution in [0.25, 0.3) is 0 Å². The van der Waals surface area contributed by atoms with Crippen LogP contribution in [0.5, 0.6) is 0 Å². The van der Waals surface area contributed by atoms with E-state index in [0.717, 1.165) is 33.0 Å². The van der Waals surface area contributed by atoms with Crippen molar-refractivity contribution in [1.29, 1.82) is 0 Å². The molecule has 0 saturated carbocycles. The minimum atomic E-state index is -4.08. The van der Waals surface area contributed by atoms with Gasteiger partial charge in [0.05, 0.1) is 10.6 Å². The first-order chi connectivity index (χ1) is 18.4. The number of sulfonamides is 1. The van der Waals surface area contributed by atoms with Gasteiger partial charge in [-0.05, 0) is 82.0 Å². The number of rotatable bonds is 11. The Labute approximate surface area is 232 Å². The lowest BCUT2D eigenvalue weighted by Crippen LogP contribution is -2.52. The molecule has 3 aromatic carbocycles. The first-order valence-electron chi connectivity index (χ1n) is 13.2. The number of hydrogen-bond acceptors (Lipinski definition) is 4. The SMILES string of the molecule is CCC(C)NC(=O)C(C)N(Cc1ccccc1C)C(=O)CN(c1cccc(C)c1)S(=O)(=O)c1ccc(C)cc1. The summed E-state index contributed by atoms with van der Waals surface area (Å²) < 4.78 is 28.9. The topological polar surface area (TPSA) is 86.8 Å². The van der Waals surface area contributed by atoms with Crippen LogP contribution < -0.4 is 9.62 Å². The highest BCUT2D eigenvalue weighted by molar-refractivity contribution is 7.92. The maximum atomic E-state index is 14.0. The molecule has 0 saturated heterocycles. The molecule has 0 heterocycles. The van der Waals surface area contributed by atoms with E-state index < -0.39 is 28.5 Å². The van der Waals surface area contributed by atoms with Gasteiger partial charge in [0.15, 0.2) is 0 Å². The summed E-state index contributed by atoms with van der Waals surface area (Å²) in [6.45, 7) is 11.0. The lowest BCUT2D eigenvalue weighted by molar-refractivity contribution is -0.139. The predicted molar refractivity (Wildman–Crippen MR) is 156 cm³/mol. The lowest BCUT2D eigenvalue weighted by atomic mass is 10.1. The van der Waals surface area contributed by atoms with Gasteiger partial charge in [-0.15, -0.1) is 0 Å². The molecule has 8 heteroatoms. The molecule has 0 radical (unpaired) electrons. The van der Waals surface area contributed by atoms with Crippen LogP contribution in [-0.4, -0.2) is 43.8 Å². The van der Waals surface area contributed by atoms with Gasteiger partial charge in [0.1, 0.15) is 12.6 Å². The molecule has 0 fully saturated rings. The van der Waals surface area contributed by atoms with Gasteiger partial charge in [0.25, 0.3) is 10.0 Å². The molecule has 0 spiro atoms. The van der Waals surface area contributed by atoms with E-state index in [-0.39, 0.29) is 23.4 Å². The van der Waals surface area contributed by atoms with E-state index in [0.29, 0.717) is 5.69 Å². The summed E-state index contributed by atoms with van der Waals surface area (Å²) in [4.78, 5) is 28.7. The third-order valence-corrected chi connectivity index (χ3v) is 8.74. The summed E-state index contributed by atoms with van der Waals surface area (Å²) >= 11 is 0. The fourth-order valence-electron chi connectivity index (χ4n) is 4.17. The largest absolute Gasteiger partial charge is 0.352 e. The Morgan fingerprint density at radius 1 is 0.872 bits per heavy atom. The fraction of sp³-hybridized carbons (Fsp3) is 0.355. The van der Waals surface area contributed by atoms with Crippen molar-refractivity contribution in [3.63, 3.8) is 0 Å². The van der Waals surface area contributed by atoms with Crippen LogP contribution >= 0.6 is 0 Å². The molecule has 7 nitrogen and oxygen atoms in total. The number of amides is 2. The molecule has 3 rings (SSSR count). The van der Waals surface area contributed by atoms with Crippen molar-refractivity contribution in [3.8, 4) is 0 Å². The number of nitrogens with one attached hydrogen (secondary N) is 1. The van der Waals surface area contributed by atoms with Crippen LogP contribution in [0.3, 0.4) is 0 Å². The summed E-state index contributed by atoms with van der Waals surface area (Å²) in [5, 5.41) is 2.95. The van der Waals surface area contributed by atoms with Crippen molar-refractivity contribution in [1.82, 2.24) is 10.2 Å². The van der Waals surface area contributed by atoms with E-state index in [9.17, 15) is 18.0 Å². The van der Waals surface area contributed by atoms with Crippen molar-refractivity contribution in [2.24, 2.45) is 0 Å². The molecule has 0 bridgehead atoms. The third kappa shape index (κ3) is 7.47. The molecule has 2 atom stereocenters. The number of hydrogen-bond donors (Lipinski definition) is 1. The Morgan fingerprint density at radius 3 is 2.15 bits per heavy atom. The van der Waals surface area contributed by atoms with Gasteiger partial charge in [-0.3, -0.25) is 13.9 Å². The molecule has 0 aliphatic carbocycles. The van der Waals surface area contributed by atoms with Gasteiger partial charge < -0.3 is 10.2 Å². The van der Waals surface area contributed by atoms with E-state index in [1.54, 1.807) is 49.4 Å². The fourth-order valence-corrected chi connectivity index (χ4v) is 5.57. The molecule has 0 aliphatic heterocycles. The quantitative estimate of drug-likeness (QED) is 0.359. The van der Waals surface area contributed by atoms with Gasteiger partial charge in [-0.25, -0.2) is 8.42 Å². The summed E-state index contributed by atoms with van der Waals surface area (Å²) in [6.07, 6.45) is 0.750. The molecule has 39 heavy (non-hydrogen) atoms. The number of benzene rings is 3. The highest BCUT2D eigenvalue weighted by Gasteiger charge is 2.33. The van der Waals surface area contributed by atoms with E-state index in [1.165, 1.54) is 4.90 Å². The number of anilines is 1. The van der Waals surface area contributed by atoms with Gasteiger partial charge in [-0.1, -0.05) is 61.0 Å². The highest BCUT2D eigenvalue weighted by atomic mass is 32.2. The Bertz CT molecular complexity index is 1400. The minimum Gasteiger partial charge on any atom is -0.352 e. The lowest BCUT2D eigenvalue weighted by Gasteiger charge is -2.33. The van der Waals surface area contributed by atoms with Crippen LogP contribution in [-0.2, 0) is 26.2 Å². The van der Waals surface area contributed by atoms with Crippen molar-refractivity contribution in [3.05, 3.63) is 95.1 Å². The molecular formula is C31H39N3O4S. The predicted octanol–water partition coefficient (Wildman–Crippen LogP) is 5.14. The molecule has 2 unspecified atom stereocenters. The number of carbonyl (C=O) groups excluding carboxylic acids is 2. The second-order valence-electron chi connectivity index (χ2n) is 10.1. The molecule has 208 valence electrons. The van der Waals surface area contributed by atoms with Gasteiger partial charge >= 0.3 is 0 Å². The third-order valence-electron chi connectivity index (χ3n) is 6.95. The zero-order chi connectivity index (χ0) is 28.7. The summed E-state index contributed by atoms with van der Waals surface area (Å²) in [6, 6.07) is 20.4. The second-order valence-corrected chi connectivity index (χ2v) is 12.0. The summed E-state index contributed by atoms with van der Waals surface area (Å²) in [5.41, 5.74) is 4.04. The second kappa shape index (κ2) is 12.9. The van der Waals surface area contributed by atoms with Crippen molar-refractivity contribution in [2.45, 2.75) is 71.5 Å². The van der Waals surface area contributed by atoms with Crippen LogP contribution in [0.4, 0.5) is 5.69 Å². The molecular weight excluding hydrogens is 510 g/mol. The minimum absolute atomic E-state index is 0.0546. The van der Waals surface area contributed by atoms with Crippen LogP contribution in [0.1, 0.15) is 49.4 Å². The molecule has 0 aromatic heterocycles. The zero-order valence-electron chi connectivity index (χ0n) is 23.6. The summed E-state index contributed by atoms with van der Waals surface area (Å²) in [5.74, 6) is -0.753. The standard InChI is InChI=1S/C31H39N3O4S/c1-7-25(5)32-31(36)26(6)33(20-27-13-9-8-12-24(27)4)30(35)21-34(28-14-10-11-23(3)19-28)39(37,38)29-17-15-22(2)16-18-29/h8-19,25-26H,7,20-21H2,1-6H3,(H,32,36). The van der Waals surface area contributed by atoms with Crippen LogP contribution in [0.15, 0.2) is 77.7 Å². The zero-order valence-corrected chi connectivity index (χ0v) is 24.5. The van der Waals surface area contributed by atoms with Crippen molar-refractivity contribution in [2.75, 3.05) is 10.8 Å². The Hall–Kier alpha value is -3.65. The average molecular weight is 550 g/mol. The van der Waals surface area contributed by atoms with Crippen molar-refractivity contribution < 1.29 is 18.0 Å². The summed E-state index contributed by atoms with van der Waals surface area (Å²) in [7, 11) is -4.08. The van der Waals surface area contributed by atoms with Crippen LogP contribution in [0, 0.1) is 20.8 Å². The molecule has 0 aliphatic rings. The Balaban J connectivity index is 2.04. The Morgan fingerprint density at radius 2 is 1.54 bits per heavy atom. The number of aryl methyl sites for hydroxylation is 3. The maximum Gasteiger partial charge on any atom is 0.264 e.